The van der Waals surface area contributed by atoms with Gasteiger partial charge in [0.15, 0.2) is 5.78 Å². The lowest BCUT2D eigenvalue weighted by Gasteiger charge is -2.13. The first kappa shape index (κ1) is 15.0. The zero-order valence-corrected chi connectivity index (χ0v) is 11.8. The van der Waals surface area contributed by atoms with Crippen molar-refractivity contribution in [1.29, 1.82) is 0 Å². The molecule has 0 aliphatic carbocycles. The number of cyclic esters (lactones) is 1. The maximum Gasteiger partial charge on any atom is 0.414 e. The summed E-state index contributed by atoms with van der Waals surface area (Å²) in [5.74, 6) is -0.385. The van der Waals surface area contributed by atoms with Gasteiger partial charge in [-0.15, -0.1) is 0 Å². The highest BCUT2D eigenvalue weighted by atomic mass is 16.6. The highest BCUT2D eigenvalue weighted by Crippen LogP contribution is 2.21. The van der Waals surface area contributed by atoms with Crippen molar-refractivity contribution in [2.45, 2.75) is 19.3 Å². The molecule has 0 N–H and O–H groups in total. The van der Waals surface area contributed by atoms with Crippen molar-refractivity contribution < 1.29 is 23.9 Å². The fourth-order valence-corrected chi connectivity index (χ4v) is 2.11. The molecule has 0 bridgehead atoms. The van der Waals surface area contributed by atoms with Crippen LogP contribution < -0.4 is 4.90 Å². The maximum atomic E-state index is 12.1. The van der Waals surface area contributed by atoms with Gasteiger partial charge in [0, 0.05) is 24.1 Å². The van der Waals surface area contributed by atoms with Crippen molar-refractivity contribution in [3.8, 4) is 0 Å². The molecule has 1 amide bonds. The first-order valence-electron chi connectivity index (χ1n) is 6.76. The third kappa shape index (κ3) is 3.81. The molecule has 6 nitrogen and oxygen atoms in total. The molecular weight excluding hydrogens is 274 g/mol. The summed E-state index contributed by atoms with van der Waals surface area (Å²) in [7, 11) is 1.32. The van der Waals surface area contributed by atoms with Gasteiger partial charge in [0.2, 0.25) is 0 Å². The van der Waals surface area contributed by atoms with Gasteiger partial charge in [0.05, 0.1) is 13.7 Å². The van der Waals surface area contributed by atoms with Crippen LogP contribution >= 0.6 is 0 Å². The molecule has 0 spiro atoms. The van der Waals surface area contributed by atoms with E-state index in [9.17, 15) is 14.4 Å². The van der Waals surface area contributed by atoms with E-state index in [0.29, 0.717) is 30.8 Å². The van der Waals surface area contributed by atoms with Crippen molar-refractivity contribution in [3.63, 3.8) is 0 Å². The molecule has 1 aromatic carbocycles. The lowest BCUT2D eigenvalue weighted by atomic mass is 10.0. The molecule has 0 atom stereocenters. The average Bonchev–Trinajstić information content (AvgIpc) is 2.93. The standard InChI is InChI=1S/C15H17NO5/c1-20-14(18)7-3-6-13(17)11-4-2-5-12(10-11)16-8-9-21-15(16)19/h2,4-5,10H,3,6-9H2,1H3. The number of carbonyl (C=O) groups is 3. The van der Waals surface area contributed by atoms with Gasteiger partial charge in [-0.25, -0.2) is 4.79 Å². The third-order valence-electron chi connectivity index (χ3n) is 3.25. The Morgan fingerprint density at radius 2 is 2.14 bits per heavy atom. The van der Waals surface area contributed by atoms with Gasteiger partial charge in [-0.05, 0) is 18.6 Å². The number of hydrogen-bond acceptors (Lipinski definition) is 5. The fraction of sp³-hybridized carbons (Fsp3) is 0.400. The van der Waals surface area contributed by atoms with Gasteiger partial charge in [-0.2, -0.15) is 0 Å². The van der Waals surface area contributed by atoms with Crippen LogP contribution in [-0.2, 0) is 14.3 Å². The molecular formula is C15H17NO5. The van der Waals surface area contributed by atoms with Crippen molar-refractivity contribution in [3.05, 3.63) is 29.8 Å². The SMILES string of the molecule is COC(=O)CCCC(=O)c1cccc(N2CCOC2=O)c1. The van der Waals surface area contributed by atoms with Gasteiger partial charge in [0.1, 0.15) is 6.61 Å². The number of carbonyl (C=O) groups excluding carboxylic acids is 3. The van der Waals surface area contributed by atoms with Crippen molar-refractivity contribution in [1.82, 2.24) is 0 Å². The molecule has 1 saturated heterocycles. The number of esters is 1. The number of rotatable bonds is 6. The van der Waals surface area contributed by atoms with Gasteiger partial charge in [-0.1, -0.05) is 12.1 Å². The summed E-state index contributed by atoms with van der Waals surface area (Å²) < 4.78 is 9.40. The second-order valence-electron chi connectivity index (χ2n) is 4.67. The Labute approximate surface area is 122 Å². The quantitative estimate of drug-likeness (QED) is 0.593. The number of methoxy groups -OCH3 is 1. The van der Waals surface area contributed by atoms with Crippen molar-refractivity contribution in [2.24, 2.45) is 0 Å². The number of amides is 1. The lowest BCUT2D eigenvalue weighted by molar-refractivity contribution is -0.140. The van der Waals surface area contributed by atoms with E-state index in [4.69, 9.17) is 4.74 Å². The number of hydrogen-bond donors (Lipinski definition) is 0. The molecule has 21 heavy (non-hydrogen) atoms. The number of nitrogens with zero attached hydrogens (tertiary/aromatic N) is 1. The van der Waals surface area contributed by atoms with E-state index in [0.717, 1.165) is 0 Å². The Hall–Kier alpha value is -2.37. The van der Waals surface area contributed by atoms with Crippen molar-refractivity contribution in [2.75, 3.05) is 25.2 Å². The molecule has 112 valence electrons. The van der Waals surface area contributed by atoms with Gasteiger partial charge >= 0.3 is 12.1 Å². The molecule has 1 aliphatic rings. The third-order valence-corrected chi connectivity index (χ3v) is 3.25. The predicted molar refractivity (Wildman–Crippen MR) is 75.3 cm³/mol. The van der Waals surface area contributed by atoms with E-state index < -0.39 is 6.09 Å². The molecule has 2 rings (SSSR count). The summed E-state index contributed by atoms with van der Waals surface area (Å²) >= 11 is 0. The monoisotopic (exact) mass is 291 g/mol. The number of benzene rings is 1. The molecule has 1 fully saturated rings. The largest absolute Gasteiger partial charge is 0.469 e. The number of anilines is 1. The summed E-state index contributed by atoms with van der Waals surface area (Å²) in [4.78, 5) is 36.1. The molecule has 1 aromatic rings. The molecule has 6 heteroatoms. The number of ether oxygens (including phenoxy) is 2. The van der Waals surface area contributed by atoms with Gasteiger partial charge in [-0.3, -0.25) is 14.5 Å². The van der Waals surface area contributed by atoms with Crippen LogP contribution in [0.3, 0.4) is 0 Å². The topological polar surface area (TPSA) is 72.9 Å². The van der Waals surface area contributed by atoms with Gasteiger partial charge in [0.25, 0.3) is 0 Å². The van der Waals surface area contributed by atoms with Crippen LogP contribution in [0.25, 0.3) is 0 Å². The summed E-state index contributed by atoms with van der Waals surface area (Å²) in [6.07, 6.45) is 0.538. The zero-order chi connectivity index (χ0) is 15.2. The molecule has 0 aromatic heterocycles. The highest BCUT2D eigenvalue weighted by molar-refractivity contribution is 5.98. The van der Waals surface area contributed by atoms with E-state index in [1.165, 1.54) is 12.0 Å². The lowest BCUT2D eigenvalue weighted by Crippen LogP contribution is -2.23. The minimum atomic E-state index is -0.398. The van der Waals surface area contributed by atoms with Crippen LogP contribution in [0.2, 0.25) is 0 Å². The first-order valence-corrected chi connectivity index (χ1v) is 6.76. The second kappa shape index (κ2) is 6.88. The minimum absolute atomic E-state index is 0.0617. The van der Waals surface area contributed by atoms with Crippen LogP contribution in [-0.4, -0.2) is 38.1 Å². The summed E-state index contributed by atoms with van der Waals surface area (Å²) in [6, 6.07) is 6.87. The predicted octanol–water partition coefficient (Wildman–Crippen LogP) is 2.17. The summed E-state index contributed by atoms with van der Waals surface area (Å²) in [5, 5.41) is 0. The summed E-state index contributed by atoms with van der Waals surface area (Å²) in [5.41, 5.74) is 1.17. The summed E-state index contributed by atoms with van der Waals surface area (Å²) in [6.45, 7) is 0.842. The van der Waals surface area contributed by atoms with E-state index in [1.54, 1.807) is 24.3 Å². The van der Waals surface area contributed by atoms with Crippen LogP contribution in [0, 0.1) is 0 Å². The zero-order valence-electron chi connectivity index (χ0n) is 11.8. The Kier molecular flexibility index (Phi) is 4.92. The average molecular weight is 291 g/mol. The maximum absolute atomic E-state index is 12.1. The van der Waals surface area contributed by atoms with E-state index in [1.807, 2.05) is 0 Å². The Balaban J connectivity index is 1.98. The van der Waals surface area contributed by atoms with Crippen LogP contribution in [0.4, 0.5) is 10.5 Å². The minimum Gasteiger partial charge on any atom is -0.469 e. The smallest absolute Gasteiger partial charge is 0.414 e. The van der Waals surface area contributed by atoms with E-state index >= 15 is 0 Å². The molecule has 0 unspecified atom stereocenters. The Morgan fingerprint density at radius 3 is 2.81 bits per heavy atom. The van der Waals surface area contributed by atoms with Crippen LogP contribution in [0.5, 0.6) is 0 Å². The highest BCUT2D eigenvalue weighted by Gasteiger charge is 2.24. The molecule has 0 saturated carbocycles. The normalized spacial score (nSPS) is 14.0. The van der Waals surface area contributed by atoms with Crippen LogP contribution in [0.1, 0.15) is 29.6 Å². The molecule has 0 radical (unpaired) electrons. The fourth-order valence-electron chi connectivity index (χ4n) is 2.11. The molecule has 1 heterocycles. The number of ketones is 1. The van der Waals surface area contributed by atoms with Gasteiger partial charge < -0.3 is 9.47 Å². The second-order valence-corrected chi connectivity index (χ2v) is 4.67. The Bertz CT molecular complexity index is 555. The Morgan fingerprint density at radius 1 is 1.33 bits per heavy atom. The molecule has 1 aliphatic heterocycles. The van der Waals surface area contributed by atoms with E-state index in [2.05, 4.69) is 4.74 Å². The van der Waals surface area contributed by atoms with Crippen LogP contribution in [0.15, 0.2) is 24.3 Å². The van der Waals surface area contributed by atoms with E-state index in [-0.39, 0.29) is 24.6 Å². The first-order chi connectivity index (χ1) is 10.1. The number of Topliss-reactive ketones (excluding diaryl/α,β-unsaturated/α-hetero) is 1. The van der Waals surface area contributed by atoms with Crippen molar-refractivity contribution >= 4 is 23.5 Å².